The number of carbonyl (C=O) groups excluding carboxylic acids is 1. The SMILES string of the molecule is O=C(O)c1ccc(C(=O)c2ccc([N+](=O)[O-])cc2)o1. The van der Waals surface area contributed by atoms with E-state index in [1.54, 1.807) is 0 Å². The number of nitro benzene ring substituents is 1. The minimum atomic E-state index is -1.28. The molecular weight excluding hydrogens is 254 g/mol. The highest BCUT2D eigenvalue weighted by Crippen LogP contribution is 2.17. The zero-order chi connectivity index (χ0) is 14.0. The highest BCUT2D eigenvalue weighted by atomic mass is 16.6. The molecule has 0 saturated carbocycles. The van der Waals surface area contributed by atoms with Crippen molar-refractivity contribution in [2.75, 3.05) is 0 Å². The van der Waals surface area contributed by atoms with Gasteiger partial charge in [-0.2, -0.15) is 0 Å². The van der Waals surface area contributed by atoms with Crippen molar-refractivity contribution in [3.63, 3.8) is 0 Å². The summed E-state index contributed by atoms with van der Waals surface area (Å²) >= 11 is 0. The Labute approximate surface area is 106 Å². The fraction of sp³-hybridized carbons (Fsp3) is 0. The zero-order valence-electron chi connectivity index (χ0n) is 9.40. The standard InChI is InChI=1S/C12H7NO6/c14-11(9-5-6-10(19-9)12(15)16)7-1-3-8(4-2-7)13(17)18/h1-6H,(H,15,16). The summed E-state index contributed by atoms with van der Waals surface area (Å²) in [6, 6.07) is 7.35. The third kappa shape index (κ3) is 2.49. The number of non-ortho nitro benzene ring substituents is 1. The molecule has 1 heterocycles. The molecule has 0 amide bonds. The lowest BCUT2D eigenvalue weighted by Crippen LogP contribution is -2.00. The monoisotopic (exact) mass is 261 g/mol. The number of nitrogens with zero attached hydrogens (tertiary/aromatic N) is 1. The fourth-order valence-electron chi connectivity index (χ4n) is 1.45. The molecule has 1 N–H and O–H groups in total. The Balaban J connectivity index is 2.27. The van der Waals surface area contributed by atoms with Crippen LogP contribution in [0.25, 0.3) is 0 Å². The van der Waals surface area contributed by atoms with Crippen LogP contribution in [0.5, 0.6) is 0 Å². The van der Waals surface area contributed by atoms with Gasteiger partial charge in [0.25, 0.3) is 5.69 Å². The van der Waals surface area contributed by atoms with Crippen LogP contribution in [0, 0.1) is 10.1 Å². The number of hydrogen-bond acceptors (Lipinski definition) is 5. The van der Waals surface area contributed by atoms with E-state index in [0.717, 1.165) is 0 Å². The minimum Gasteiger partial charge on any atom is -0.475 e. The summed E-state index contributed by atoms with van der Waals surface area (Å²) in [6.45, 7) is 0. The van der Waals surface area contributed by atoms with Crippen LogP contribution in [0.15, 0.2) is 40.8 Å². The van der Waals surface area contributed by atoms with E-state index >= 15 is 0 Å². The first kappa shape index (κ1) is 12.5. The zero-order valence-corrected chi connectivity index (χ0v) is 9.40. The van der Waals surface area contributed by atoms with E-state index < -0.39 is 16.7 Å². The van der Waals surface area contributed by atoms with Crippen molar-refractivity contribution < 1.29 is 24.0 Å². The summed E-state index contributed by atoms with van der Waals surface area (Å²) < 4.78 is 4.86. The minimum absolute atomic E-state index is 0.133. The van der Waals surface area contributed by atoms with Gasteiger partial charge in [-0.05, 0) is 24.3 Å². The summed E-state index contributed by atoms with van der Waals surface area (Å²) in [5.74, 6) is -2.29. The molecule has 2 aromatic rings. The second-order valence-electron chi connectivity index (χ2n) is 3.60. The van der Waals surface area contributed by atoms with Crippen molar-refractivity contribution in [2.24, 2.45) is 0 Å². The third-order valence-electron chi connectivity index (χ3n) is 2.38. The van der Waals surface area contributed by atoms with E-state index in [9.17, 15) is 19.7 Å². The normalized spacial score (nSPS) is 10.1. The number of aromatic carboxylic acids is 1. The summed E-state index contributed by atoms with van der Waals surface area (Å²) in [7, 11) is 0. The summed E-state index contributed by atoms with van der Waals surface area (Å²) in [5.41, 5.74) is 0.0408. The number of furan rings is 1. The molecule has 0 atom stereocenters. The molecule has 0 unspecified atom stereocenters. The van der Waals surface area contributed by atoms with Crippen molar-refractivity contribution in [1.82, 2.24) is 0 Å². The van der Waals surface area contributed by atoms with Gasteiger partial charge in [0, 0.05) is 17.7 Å². The van der Waals surface area contributed by atoms with Crippen LogP contribution in [0.1, 0.15) is 26.7 Å². The predicted octanol–water partition coefficient (Wildman–Crippen LogP) is 2.12. The first-order chi connectivity index (χ1) is 8.99. The maximum Gasteiger partial charge on any atom is 0.371 e. The summed E-state index contributed by atoms with van der Waals surface area (Å²) in [6.07, 6.45) is 0. The molecule has 1 aromatic heterocycles. The molecule has 7 nitrogen and oxygen atoms in total. The Morgan fingerprint density at radius 3 is 2.11 bits per heavy atom. The number of ketones is 1. The Bertz CT molecular complexity index is 655. The van der Waals surface area contributed by atoms with Crippen LogP contribution < -0.4 is 0 Å². The van der Waals surface area contributed by atoms with E-state index in [1.807, 2.05) is 0 Å². The molecule has 0 aliphatic carbocycles. The van der Waals surface area contributed by atoms with Crippen molar-refractivity contribution in [1.29, 1.82) is 0 Å². The predicted molar refractivity (Wildman–Crippen MR) is 62.2 cm³/mol. The average molecular weight is 261 g/mol. The Morgan fingerprint density at radius 2 is 1.63 bits per heavy atom. The molecule has 0 aliphatic rings. The van der Waals surface area contributed by atoms with Crippen molar-refractivity contribution in [2.45, 2.75) is 0 Å². The molecule has 1 aromatic carbocycles. The van der Waals surface area contributed by atoms with Crippen molar-refractivity contribution in [3.8, 4) is 0 Å². The van der Waals surface area contributed by atoms with Gasteiger partial charge in [0.2, 0.25) is 11.5 Å². The Kier molecular flexibility index (Phi) is 3.11. The molecule has 0 saturated heterocycles. The summed E-state index contributed by atoms with van der Waals surface area (Å²) in [4.78, 5) is 32.4. The van der Waals surface area contributed by atoms with Gasteiger partial charge in [-0.25, -0.2) is 4.79 Å². The number of rotatable bonds is 4. The van der Waals surface area contributed by atoms with Gasteiger partial charge in [-0.15, -0.1) is 0 Å². The van der Waals surface area contributed by atoms with Gasteiger partial charge < -0.3 is 9.52 Å². The Hall–Kier alpha value is -2.96. The van der Waals surface area contributed by atoms with Crippen LogP contribution >= 0.6 is 0 Å². The van der Waals surface area contributed by atoms with E-state index in [2.05, 4.69) is 0 Å². The molecule has 0 bridgehead atoms. The first-order valence-corrected chi connectivity index (χ1v) is 5.11. The fourth-order valence-corrected chi connectivity index (χ4v) is 1.45. The topological polar surface area (TPSA) is 111 Å². The Morgan fingerprint density at radius 1 is 1.05 bits per heavy atom. The maximum atomic E-state index is 11.9. The number of benzene rings is 1. The number of carbonyl (C=O) groups is 2. The lowest BCUT2D eigenvalue weighted by atomic mass is 10.1. The first-order valence-electron chi connectivity index (χ1n) is 5.11. The molecule has 0 aliphatic heterocycles. The molecule has 7 heteroatoms. The lowest BCUT2D eigenvalue weighted by molar-refractivity contribution is -0.384. The third-order valence-corrected chi connectivity index (χ3v) is 2.38. The number of nitro groups is 1. The van der Waals surface area contributed by atoms with Gasteiger partial charge in [-0.1, -0.05) is 0 Å². The molecule has 0 spiro atoms. The van der Waals surface area contributed by atoms with Crippen molar-refractivity contribution in [3.05, 3.63) is 63.6 Å². The maximum absolute atomic E-state index is 11.9. The van der Waals surface area contributed by atoms with E-state index in [-0.39, 0.29) is 22.8 Å². The summed E-state index contributed by atoms with van der Waals surface area (Å²) in [5, 5.41) is 19.1. The molecule has 0 radical (unpaired) electrons. The van der Waals surface area contributed by atoms with Gasteiger partial charge in [0.05, 0.1) is 4.92 Å². The van der Waals surface area contributed by atoms with Crippen molar-refractivity contribution >= 4 is 17.4 Å². The largest absolute Gasteiger partial charge is 0.475 e. The van der Waals surface area contributed by atoms with Crippen LogP contribution in [0.4, 0.5) is 5.69 Å². The molecular formula is C12H7NO6. The van der Waals surface area contributed by atoms with Gasteiger partial charge >= 0.3 is 5.97 Å². The molecule has 19 heavy (non-hydrogen) atoms. The highest BCUT2D eigenvalue weighted by molar-refractivity contribution is 6.07. The van der Waals surface area contributed by atoms with Crippen LogP contribution in [0.3, 0.4) is 0 Å². The molecule has 0 fully saturated rings. The quantitative estimate of drug-likeness (QED) is 0.512. The van der Waals surface area contributed by atoms with Gasteiger partial charge in [0.1, 0.15) is 0 Å². The van der Waals surface area contributed by atoms with E-state index in [1.165, 1.54) is 36.4 Å². The second kappa shape index (κ2) is 4.73. The lowest BCUT2D eigenvalue weighted by Gasteiger charge is -1.97. The van der Waals surface area contributed by atoms with Gasteiger partial charge in [0.15, 0.2) is 5.76 Å². The van der Waals surface area contributed by atoms with Crippen LogP contribution in [-0.4, -0.2) is 21.8 Å². The average Bonchev–Trinajstić information content (AvgIpc) is 2.87. The molecule has 2 rings (SSSR count). The second-order valence-corrected chi connectivity index (χ2v) is 3.60. The highest BCUT2D eigenvalue weighted by Gasteiger charge is 2.17. The number of hydrogen-bond donors (Lipinski definition) is 1. The van der Waals surface area contributed by atoms with E-state index in [4.69, 9.17) is 9.52 Å². The number of carboxylic acids is 1. The molecule has 96 valence electrons. The smallest absolute Gasteiger partial charge is 0.371 e. The van der Waals surface area contributed by atoms with Crippen LogP contribution in [0.2, 0.25) is 0 Å². The van der Waals surface area contributed by atoms with E-state index in [0.29, 0.717) is 0 Å². The number of carboxylic acid groups (broad SMARTS) is 1. The van der Waals surface area contributed by atoms with Gasteiger partial charge in [-0.3, -0.25) is 14.9 Å². The van der Waals surface area contributed by atoms with Crippen LogP contribution in [-0.2, 0) is 0 Å².